The molecular weight excluding hydrogens is 276 g/mol. The molecule has 0 radical (unpaired) electrons. The zero-order chi connectivity index (χ0) is 16.2. The maximum atomic E-state index is 10.6. The van der Waals surface area contributed by atoms with Gasteiger partial charge in [-0.05, 0) is 19.4 Å². The first kappa shape index (κ1) is 17.4. The van der Waals surface area contributed by atoms with Crippen molar-refractivity contribution >= 4 is 11.7 Å². The van der Waals surface area contributed by atoms with Gasteiger partial charge in [0.15, 0.2) is 6.23 Å². The number of aliphatic hydroxyl groups is 3. The fraction of sp³-hybridized carbons (Fsp3) is 0.615. The van der Waals surface area contributed by atoms with Crippen LogP contribution in [0.1, 0.15) is 25.1 Å². The molecule has 0 unspecified atom stereocenters. The Morgan fingerprint density at radius 1 is 1.62 bits per heavy atom. The van der Waals surface area contributed by atoms with Crippen LogP contribution in [0.4, 0.5) is 5.82 Å². The molecule has 1 aromatic heterocycles. The van der Waals surface area contributed by atoms with Crippen molar-refractivity contribution in [3.05, 3.63) is 17.8 Å². The zero-order valence-corrected chi connectivity index (χ0v) is 12.5. The van der Waals surface area contributed by atoms with Gasteiger partial charge in [0.1, 0.15) is 17.3 Å². The highest BCUT2D eigenvalue weighted by atomic mass is 16.5. The maximum absolute atomic E-state index is 10.6. The van der Waals surface area contributed by atoms with E-state index in [-0.39, 0.29) is 18.9 Å². The van der Waals surface area contributed by atoms with Gasteiger partial charge in [0.05, 0.1) is 11.7 Å². The van der Waals surface area contributed by atoms with Crippen LogP contribution < -0.4 is 11.1 Å². The highest BCUT2D eigenvalue weighted by Gasteiger charge is 2.41. The lowest BCUT2D eigenvalue weighted by molar-refractivity contribution is -0.177. The van der Waals surface area contributed by atoms with Gasteiger partial charge in [0.2, 0.25) is 0 Å². The summed E-state index contributed by atoms with van der Waals surface area (Å²) in [7, 11) is 3.06. The number of ether oxygens (including phenoxy) is 1. The van der Waals surface area contributed by atoms with Gasteiger partial charge in [0, 0.05) is 27.0 Å². The van der Waals surface area contributed by atoms with Gasteiger partial charge in [-0.3, -0.25) is 5.41 Å². The highest BCUT2D eigenvalue weighted by molar-refractivity contribution is 5.99. The standard InChI is InChI=1S/C13H24N4O4/c1-13(20,9(19)5-7-18)12(21-3)17-6-4-8(10(14)15)11(17)16-2/h4,6,9,12,16,18-20H,5,7H2,1-3H3,(H3,14,15)/t9-,12-,13-/m1/s1. The number of hydrogen-bond donors (Lipinski definition) is 6. The van der Waals surface area contributed by atoms with Crippen molar-refractivity contribution in [1.29, 1.82) is 5.41 Å². The average molecular weight is 300 g/mol. The molecular formula is C13H24N4O4. The molecule has 0 spiro atoms. The number of aliphatic hydroxyl groups excluding tert-OH is 2. The van der Waals surface area contributed by atoms with Crippen molar-refractivity contribution in [3.63, 3.8) is 0 Å². The lowest BCUT2D eigenvalue weighted by Crippen LogP contribution is -2.48. The fourth-order valence-corrected chi connectivity index (χ4v) is 2.34. The quantitative estimate of drug-likeness (QED) is 0.281. The van der Waals surface area contributed by atoms with Crippen molar-refractivity contribution < 1.29 is 20.1 Å². The second kappa shape index (κ2) is 6.90. The number of rotatable bonds is 8. The predicted octanol–water partition coefficient (Wildman–Crippen LogP) is -0.547. The first-order valence-electron chi connectivity index (χ1n) is 6.58. The van der Waals surface area contributed by atoms with Crippen LogP contribution in [-0.2, 0) is 4.74 Å². The Kier molecular flexibility index (Phi) is 5.73. The minimum absolute atomic E-state index is 0.0164. The van der Waals surface area contributed by atoms with Crippen molar-refractivity contribution in [2.45, 2.75) is 31.3 Å². The smallest absolute Gasteiger partial charge is 0.165 e. The number of aromatic nitrogens is 1. The normalized spacial score (nSPS) is 17.0. The maximum Gasteiger partial charge on any atom is 0.165 e. The summed E-state index contributed by atoms with van der Waals surface area (Å²) in [6, 6.07) is 1.62. The van der Waals surface area contributed by atoms with Crippen LogP contribution in [-0.4, -0.2) is 58.2 Å². The second-order valence-corrected chi connectivity index (χ2v) is 4.99. The number of nitrogen functional groups attached to an aromatic ring is 1. The van der Waals surface area contributed by atoms with Crippen molar-refractivity contribution in [3.8, 4) is 0 Å². The van der Waals surface area contributed by atoms with E-state index in [9.17, 15) is 10.2 Å². The largest absolute Gasteiger partial charge is 0.396 e. The molecule has 8 heteroatoms. The van der Waals surface area contributed by atoms with Crippen LogP contribution in [0.25, 0.3) is 0 Å². The Bertz CT molecular complexity index is 487. The van der Waals surface area contributed by atoms with E-state index in [1.807, 2.05) is 0 Å². The molecule has 1 rings (SSSR count). The van der Waals surface area contributed by atoms with Gasteiger partial charge in [-0.15, -0.1) is 0 Å². The van der Waals surface area contributed by atoms with Crippen LogP contribution in [0.5, 0.6) is 0 Å². The highest BCUT2D eigenvalue weighted by Crippen LogP contribution is 2.32. The van der Waals surface area contributed by atoms with Gasteiger partial charge >= 0.3 is 0 Å². The number of nitrogens with one attached hydrogen (secondary N) is 2. The molecule has 0 aromatic carbocycles. The topological polar surface area (TPSA) is 137 Å². The summed E-state index contributed by atoms with van der Waals surface area (Å²) in [6.07, 6.45) is -0.477. The summed E-state index contributed by atoms with van der Waals surface area (Å²) < 4.78 is 6.88. The van der Waals surface area contributed by atoms with Crippen LogP contribution in [0.15, 0.2) is 12.3 Å². The van der Waals surface area contributed by atoms with Crippen LogP contribution in [0.2, 0.25) is 0 Å². The van der Waals surface area contributed by atoms with Crippen molar-refractivity contribution in [2.24, 2.45) is 5.73 Å². The monoisotopic (exact) mass is 300 g/mol. The third-order valence-electron chi connectivity index (χ3n) is 3.50. The Morgan fingerprint density at radius 3 is 2.67 bits per heavy atom. The van der Waals surface area contributed by atoms with Crippen LogP contribution in [0, 0.1) is 5.41 Å². The minimum atomic E-state index is -1.64. The van der Waals surface area contributed by atoms with Crippen LogP contribution in [0.3, 0.4) is 0 Å². The van der Waals surface area contributed by atoms with Gasteiger partial charge in [0.25, 0.3) is 0 Å². The van der Waals surface area contributed by atoms with Gasteiger partial charge in [-0.1, -0.05) is 0 Å². The van der Waals surface area contributed by atoms with Gasteiger partial charge in [-0.2, -0.15) is 0 Å². The zero-order valence-electron chi connectivity index (χ0n) is 12.5. The van der Waals surface area contributed by atoms with E-state index in [1.165, 1.54) is 14.0 Å². The molecule has 3 atom stereocenters. The van der Waals surface area contributed by atoms with E-state index >= 15 is 0 Å². The third-order valence-corrected chi connectivity index (χ3v) is 3.50. The molecule has 0 aliphatic carbocycles. The van der Waals surface area contributed by atoms with E-state index in [0.717, 1.165) is 0 Å². The van der Waals surface area contributed by atoms with Crippen molar-refractivity contribution in [1.82, 2.24) is 4.57 Å². The number of hydrogen-bond acceptors (Lipinski definition) is 6. The molecule has 0 amide bonds. The predicted molar refractivity (Wildman–Crippen MR) is 79.4 cm³/mol. The fourth-order valence-electron chi connectivity index (χ4n) is 2.34. The molecule has 1 heterocycles. The molecule has 21 heavy (non-hydrogen) atoms. The summed E-state index contributed by atoms with van der Waals surface area (Å²) in [5.74, 6) is 0.370. The molecule has 7 N–H and O–H groups in total. The van der Waals surface area contributed by atoms with Gasteiger partial charge in [-0.25, -0.2) is 0 Å². The molecule has 0 fully saturated rings. The number of nitrogens with zero attached hydrogens (tertiary/aromatic N) is 1. The average Bonchev–Trinajstić information content (AvgIpc) is 2.83. The van der Waals surface area contributed by atoms with E-state index < -0.39 is 17.9 Å². The summed E-state index contributed by atoms with van der Waals surface area (Å²) >= 11 is 0. The minimum Gasteiger partial charge on any atom is -0.396 e. The molecule has 120 valence electrons. The summed E-state index contributed by atoms with van der Waals surface area (Å²) in [4.78, 5) is 0. The Hall–Kier alpha value is -1.61. The summed E-state index contributed by atoms with van der Waals surface area (Å²) in [6.45, 7) is 1.17. The van der Waals surface area contributed by atoms with E-state index in [0.29, 0.717) is 11.4 Å². The van der Waals surface area contributed by atoms with Crippen LogP contribution >= 0.6 is 0 Å². The Balaban J connectivity index is 3.24. The van der Waals surface area contributed by atoms with E-state index in [2.05, 4.69) is 5.32 Å². The molecule has 0 saturated carbocycles. The number of methoxy groups -OCH3 is 1. The summed E-state index contributed by atoms with van der Waals surface area (Å²) in [5.41, 5.74) is 4.33. The van der Waals surface area contributed by atoms with E-state index in [1.54, 1.807) is 23.9 Å². The Morgan fingerprint density at radius 2 is 2.24 bits per heavy atom. The lowest BCUT2D eigenvalue weighted by atomic mass is 9.94. The molecule has 0 aliphatic heterocycles. The third kappa shape index (κ3) is 3.35. The first-order chi connectivity index (χ1) is 9.81. The summed E-state index contributed by atoms with van der Waals surface area (Å²) in [5, 5.41) is 40.0. The molecule has 0 aliphatic rings. The van der Waals surface area contributed by atoms with E-state index in [4.69, 9.17) is 21.0 Å². The molecule has 1 aromatic rings. The lowest BCUT2D eigenvalue weighted by Gasteiger charge is -2.37. The molecule has 8 nitrogen and oxygen atoms in total. The van der Waals surface area contributed by atoms with Crippen molar-refractivity contribution in [2.75, 3.05) is 26.1 Å². The molecule has 0 saturated heterocycles. The Labute approximate surface area is 123 Å². The SMILES string of the molecule is CNc1c(C(=N)N)ccn1[C@H](OC)[C@](C)(O)[C@H](O)CCO. The van der Waals surface area contributed by atoms with Gasteiger partial charge < -0.3 is 35.7 Å². The molecule has 0 bridgehead atoms. The number of anilines is 1. The number of amidine groups is 1. The number of nitrogens with two attached hydrogens (primary N) is 1. The first-order valence-corrected chi connectivity index (χ1v) is 6.58. The second-order valence-electron chi connectivity index (χ2n) is 4.99.